The first-order valence-electron chi connectivity index (χ1n) is 6.36. The van der Waals surface area contributed by atoms with Crippen molar-refractivity contribution in [3.63, 3.8) is 0 Å². The Morgan fingerprint density at radius 2 is 2.06 bits per heavy atom. The number of benzene rings is 1. The summed E-state index contributed by atoms with van der Waals surface area (Å²) in [6.07, 6.45) is 1.92. The Kier molecular flexibility index (Phi) is 4.92. The van der Waals surface area contributed by atoms with E-state index < -0.39 is 10.8 Å². The lowest BCUT2D eigenvalue weighted by Gasteiger charge is -2.27. The smallest absolute Gasteiger partial charge is 0.0694 e. The summed E-state index contributed by atoms with van der Waals surface area (Å²) in [5.74, 6) is 0.815. The molecule has 18 heavy (non-hydrogen) atoms. The highest BCUT2D eigenvalue weighted by molar-refractivity contribution is 7.85. The van der Waals surface area contributed by atoms with Gasteiger partial charge in [0.2, 0.25) is 0 Å². The van der Waals surface area contributed by atoms with Crippen molar-refractivity contribution in [2.45, 2.75) is 30.8 Å². The quantitative estimate of drug-likeness (QED) is 0.907. The van der Waals surface area contributed by atoms with Crippen LogP contribution in [0.3, 0.4) is 0 Å². The van der Waals surface area contributed by atoms with Crippen LogP contribution in [0.1, 0.15) is 18.4 Å². The molecule has 0 saturated carbocycles. The first-order chi connectivity index (χ1) is 8.69. The lowest BCUT2D eigenvalue weighted by atomic mass is 10.0. The molecule has 1 heterocycles. The molecule has 0 spiro atoms. The summed E-state index contributed by atoms with van der Waals surface area (Å²) in [5.41, 5.74) is 1.18. The number of hydrogen-bond donors (Lipinski definition) is 1. The fourth-order valence-corrected chi connectivity index (χ4v) is 3.32. The molecule has 3 nitrogen and oxygen atoms in total. The largest absolute Gasteiger partial charge is 0.396 e. The van der Waals surface area contributed by atoms with Gasteiger partial charge in [-0.2, -0.15) is 0 Å². The van der Waals surface area contributed by atoms with E-state index in [1.807, 2.05) is 31.2 Å². The molecule has 4 heteroatoms. The van der Waals surface area contributed by atoms with Gasteiger partial charge in [-0.25, -0.2) is 0 Å². The summed E-state index contributed by atoms with van der Waals surface area (Å²) in [7, 11) is -0.990. The Balaban J connectivity index is 1.86. The highest BCUT2D eigenvalue weighted by Gasteiger charge is 2.23. The molecule has 1 saturated heterocycles. The Hall–Kier alpha value is -0.710. The van der Waals surface area contributed by atoms with Gasteiger partial charge in [-0.05, 0) is 31.9 Å². The van der Waals surface area contributed by atoms with Crippen LogP contribution in [0, 0.1) is 12.8 Å². The van der Waals surface area contributed by atoms with Gasteiger partial charge in [0.1, 0.15) is 0 Å². The van der Waals surface area contributed by atoms with Crippen molar-refractivity contribution in [2.24, 2.45) is 5.92 Å². The molecule has 3 atom stereocenters. The van der Waals surface area contributed by atoms with Crippen LogP contribution in [0.15, 0.2) is 29.2 Å². The number of ether oxygens (including phenoxy) is 1. The minimum absolute atomic E-state index is 0.0648. The van der Waals surface area contributed by atoms with Gasteiger partial charge < -0.3 is 9.84 Å². The van der Waals surface area contributed by atoms with Crippen molar-refractivity contribution >= 4 is 10.8 Å². The molecule has 0 radical (unpaired) electrons. The Bertz CT molecular complexity index is 394. The van der Waals surface area contributed by atoms with Crippen molar-refractivity contribution in [3.05, 3.63) is 29.8 Å². The Labute approximate surface area is 111 Å². The van der Waals surface area contributed by atoms with Gasteiger partial charge in [0.15, 0.2) is 0 Å². The lowest BCUT2D eigenvalue weighted by molar-refractivity contribution is -0.0183. The van der Waals surface area contributed by atoms with Crippen molar-refractivity contribution in [2.75, 3.05) is 19.0 Å². The second kappa shape index (κ2) is 6.45. The molecule has 1 aliphatic heterocycles. The number of aliphatic hydroxyl groups excluding tert-OH is 1. The topological polar surface area (TPSA) is 46.5 Å². The summed E-state index contributed by atoms with van der Waals surface area (Å²) in [6, 6.07) is 7.81. The molecule has 1 aliphatic rings. The number of aryl methyl sites for hydroxylation is 1. The van der Waals surface area contributed by atoms with Crippen molar-refractivity contribution in [1.82, 2.24) is 0 Å². The molecule has 0 amide bonds. The van der Waals surface area contributed by atoms with Gasteiger partial charge >= 0.3 is 0 Å². The van der Waals surface area contributed by atoms with Gasteiger partial charge in [-0.15, -0.1) is 0 Å². The molecule has 100 valence electrons. The van der Waals surface area contributed by atoms with Gasteiger partial charge in [0.25, 0.3) is 0 Å². The van der Waals surface area contributed by atoms with E-state index in [1.165, 1.54) is 5.56 Å². The fraction of sp³-hybridized carbons (Fsp3) is 0.571. The van der Waals surface area contributed by atoms with E-state index in [9.17, 15) is 4.21 Å². The normalized spacial score (nSPS) is 25.9. The average molecular weight is 268 g/mol. The maximum Gasteiger partial charge on any atom is 0.0694 e. The van der Waals surface area contributed by atoms with E-state index in [-0.39, 0.29) is 18.6 Å². The molecule has 0 bridgehead atoms. The molecule has 1 N–H and O–H groups in total. The van der Waals surface area contributed by atoms with Crippen molar-refractivity contribution in [1.29, 1.82) is 0 Å². The summed E-state index contributed by atoms with van der Waals surface area (Å²) in [5, 5.41) is 9.02. The second-order valence-corrected chi connectivity index (χ2v) is 6.40. The predicted octanol–water partition coefficient (Wildman–Crippen LogP) is 1.89. The summed E-state index contributed by atoms with van der Waals surface area (Å²) >= 11 is 0. The van der Waals surface area contributed by atoms with Gasteiger partial charge in [-0.1, -0.05) is 17.7 Å². The second-order valence-electron chi connectivity index (χ2n) is 4.91. The zero-order valence-corrected chi connectivity index (χ0v) is 11.5. The minimum Gasteiger partial charge on any atom is -0.396 e. The van der Waals surface area contributed by atoms with Crippen LogP contribution in [-0.2, 0) is 15.5 Å². The first kappa shape index (κ1) is 13.7. The molecule has 0 aliphatic carbocycles. The first-order valence-corrected chi connectivity index (χ1v) is 7.68. The van der Waals surface area contributed by atoms with Gasteiger partial charge in [0.05, 0.1) is 29.3 Å². The monoisotopic (exact) mass is 268 g/mol. The molecular weight excluding hydrogens is 248 g/mol. The van der Waals surface area contributed by atoms with E-state index in [0.717, 1.165) is 17.7 Å². The Morgan fingerprint density at radius 1 is 1.33 bits per heavy atom. The van der Waals surface area contributed by atoms with E-state index >= 15 is 0 Å². The van der Waals surface area contributed by atoms with Crippen LogP contribution < -0.4 is 0 Å². The number of hydrogen-bond acceptors (Lipinski definition) is 3. The highest BCUT2D eigenvalue weighted by atomic mass is 32.2. The Morgan fingerprint density at radius 3 is 2.61 bits per heavy atom. The molecule has 0 aromatic heterocycles. The third-order valence-corrected chi connectivity index (χ3v) is 4.82. The lowest BCUT2D eigenvalue weighted by Crippen LogP contribution is -2.31. The summed E-state index contributed by atoms with van der Waals surface area (Å²) in [6.45, 7) is 2.80. The van der Waals surface area contributed by atoms with Crippen LogP contribution in [0.4, 0.5) is 0 Å². The molecule has 2 rings (SSSR count). The SMILES string of the molecule is Cc1ccc(S(=O)C[C@H]2CC[C@@H](CO)CO2)cc1. The van der Waals surface area contributed by atoms with Crippen LogP contribution in [-0.4, -0.2) is 34.4 Å². The number of rotatable bonds is 4. The minimum atomic E-state index is -0.990. The molecule has 1 unspecified atom stereocenters. The standard InChI is InChI=1S/C14H20O3S/c1-11-2-6-14(7-3-11)18(16)10-13-5-4-12(8-15)9-17-13/h2-3,6-7,12-13,15H,4-5,8-10H2,1H3/t12-,13+,18?/m0/s1. The molecular formula is C14H20O3S. The molecule has 1 aromatic rings. The van der Waals surface area contributed by atoms with Crippen molar-refractivity contribution < 1.29 is 14.1 Å². The number of aliphatic hydroxyl groups is 1. The van der Waals surface area contributed by atoms with Crippen LogP contribution >= 0.6 is 0 Å². The van der Waals surface area contributed by atoms with Crippen LogP contribution in [0.5, 0.6) is 0 Å². The zero-order chi connectivity index (χ0) is 13.0. The van der Waals surface area contributed by atoms with Gasteiger partial charge in [-0.3, -0.25) is 4.21 Å². The summed E-state index contributed by atoms with van der Waals surface area (Å²) in [4.78, 5) is 0.869. The molecule has 1 aromatic carbocycles. The third kappa shape index (κ3) is 3.64. The van der Waals surface area contributed by atoms with E-state index in [2.05, 4.69) is 0 Å². The van der Waals surface area contributed by atoms with Crippen LogP contribution in [0.2, 0.25) is 0 Å². The van der Waals surface area contributed by atoms with Crippen LogP contribution in [0.25, 0.3) is 0 Å². The fourth-order valence-electron chi connectivity index (χ4n) is 2.09. The van der Waals surface area contributed by atoms with E-state index in [4.69, 9.17) is 9.84 Å². The maximum absolute atomic E-state index is 12.2. The average Bonchev–Trinajstić information content (AvgIpc) is 2.40. The zero-order valence-electron chi connectivity index (χ0n) is 10.7. The molecule has 1 fully saturated rings. The highest BCUT2D eigenvalue weighted by Crippen LogP contribution is 2.20. The van der Waals surface area contributed by atoms with E-state index in [1.54, 1.807) is 0 Å². The predicted molar refractivity (Wildman–Crippen MR) is 72.0 cm³/mol. The van der Waals surface area contributed by atoms with E-state index in [0.29, 0.717) is 12.4 Å². The van der Waals surface area contributed by atoms with Crippen molar-refractivity contribution in [3.8, 4) is 0 Å². The third-order valence-electron chi connectivity index (χ3n) is 3.34. The summed E-state index contributed by atoms with van der Waals surface area (Å²) < 4.78 is 17.8. The maximum atomic E-state index is 12.2. The van der Waals surface area contributed by atoms with Gasteiger partial charge in [0, 0.05) is 17.4 Å².